The Morgan fingerprint density at radius 2 is 1.87 bits per heavy atom. The third kappa shape index (κ3) is 6.81. The van der Waals surface area contributed by atoms with Crippen LogP contribution in [-0.2, 0) is 15.9 Å². The summed E-state index contributed by atoms with van der Waals surface area (Å²) < 4.78 is 30.1. The molecule has 2 fully saturated rings. The second-order valence-corrected chi connectivity index (χ2v) is 11.2. The van der Waals surface area contributed by atoms with E-state index < -0.39 is 13.2 Å². The molecule has 38 heavy (non-hydrogen) atoms. The van der Waals surface area contributed by atoms with Crippen LogP contribution in [0.1, 0.15) is 90.2 Å². The SMILES string of the molecule is CCOC(OCC)c1c(C)c(Cl)c(OCF)c(C/C=C(C)/C=C/[C@@]2(C)[C@H](C)CC/C(=N\C3CC3)[C@@H]2C)c1O. The van der Waals surface area contributed by atoms with Crippen molar-refractivity contribution in [3.8, 4) is 11.5 Å². The van der Waals surface area contributed by atoms with Crippen LogP contribution in [0.3, 0.4) is 0 Å². The molecule has 0 radical (unpaired) electrons. The number of phenols is 1. The topological polar surface area (TPSA) is 60.3 Å². The van der Waals surface area contributed by atoms with Crippen LogP contribution in [0.25, 0.3) is 0 Å². The molecule has 2 aliphatic rings. The van der Waals surface area contributed by atoms with Gasteiger partial charge in [-0.3, -0.25) is 4.99 Å². The van der Waals surface area contributed by atoms with E-state index in [1.54, 1.807) is 6.92 Å². The van der Waals surface area contributed by atoms with Crippen molar-refractivity contribution >= 4 is 17.3 Å². The van der Waals surface area contributed by atoms with Crippen LogP contribution in [0.15, 0.2) is 28.8 Å². The molecule has 0 heterocycles. The number of hydrogen-bond donors (Lipinski definition) is 1. The molecule has 5 nitrogen and oxygen atoms in total. The molecule has 2 saturated carbocycles. The number of benzene rings is 1. The lowest BCUT2D eigenvalue weighted by molar-refractivity contribution is -0.141. The molecule has 1 N–H and O–H groups in total. The number of nitrogens with zero attached hydrogens (tertiary/aromatic N) is 1. The van der Waals surface area contributed by atoms with Gasteiger partial charge in [-0.2, -0.15) is 0 Å². The summed E-state index contributed by atoms with van der Waals surface area (Å²) in [4.78, 5) is 5.03. The third-order valence-corrected chi connectivity index (χ3v) is 8.83. The van der Waals surface area contributed by atoms with Crippen molar-refractivity contribution in [2.24, 2.45) is 22.2 Å². The molecule has 2 aliphatic carbocycles. The van der Waals surface area contributed by atoms with Crippen LogP contribution >= 0.6 is 11.6 Å². The molecule has 0 spiro atoms. The predicted octanol–water partition coefficient (Wildman–Crippen LogP) is 8.45. The van der Waals surface area contributed by atoms with Gasteiger partial charge in [-0.1, -0.05) is 56.2 Å². The fourth-order valence-electron chi connectivity index (χ4n) is 5.31. The fourth-order valence-corrected chi connectivity index (χ4v) is 5.58. The summed E-state index contributed by atoms with van der Waals surface area (Å²) in [5.41, 5.74) is 3.80. The Kier molecular flexibility index (Phi) is 10.8. The normalized spacial score (nSPS) is 25.6. The average molecular weight is 550 g/mol. The van der Waals surface area contributed by atoms with Gasteiger partial charge in [-0.25, -0.2) is 4.39 Å². The minimum Gasteiger partial charge on any atom is -0.507 e. The minimum atomic E-state index is -1.05. The van der Waals surface area contributed by atoms with Gasteiger partial charge in [0.2, 0.25) is 6.86 Å². The van der Waals surface area contributed by atoms with Gasteiger partial charge < -0.3 is 19.3 Å². The molecule has 7 heteroatoms. The number of aromatic hydroxyl groups is 1. The highest BCUT2D eigenvalue weighted by Crippen LogP contribution is 2.47. The molecule has 0 amide bonds. The van der Waals surface area contributed by atoms with E-state index in [0.717, 1.165) is 18.4 Å². The van der Waals surface area contributed by atoms with Gasteiger partial charge in [0.15, 0.2) is 6.29 Å². The highest BCUT2D eigenvalue weighted by molar-refractivity contribution is 6.33. The molecular weight excluding hydrogens is 505 g/mol. The smallest absolute Gasteiger partial charge is 0.228 e. The predicted molar refractivity (Wildman–Crippen MR) is 153 cm³/mol. The highest BCUT2D eigenvalue weighted by Gasteiger charge is 2.41. The van der Waals surface area contributed by atoms with Gasteiger partial charge in [0, 0.05) is 30.4 Å². The maximum absolute atomic E-state index is 13.3. The van der Waals surface area contributed by atoms with E-state index in [1.807, 2.05) is 26.8 Å². The number of halogens is 2. The number of aliphatic imine (C=N–C) groups is 1. The quantitative estimate of drug-likeness (QED) is 0.210. The van der Waals surface area contributed by atoms with Gasteiger partial charge in [0.25, 0.3) is 0 Å². The summed E-state index contributed by atoms with van der Waals surface area (Å²) in [5.74, 6) is 1.03. The zero-order valence-corrected chi connectivity index (χ0v) is 24.8. The van der Waals surface area contributed by atoms with Crippen molar-refractivity contribution in [3.05, 3.63) is 45.5 Å². The lowest BCUT2D eigenvalue weighted by atomic mass is 9.61. The Hall–Kier alpha value is -1.89. The average Bonchev–Trinajstić information content (AvgIpc) is 3.71. The Bertz CT molecular complexity index is 1060. The van der Waals surface area contributed by atoms with E-state index in [-0.39, 0.29) is 21.9 Å². The minimum absolute atomic E-state index is 0.00819. The van der Waals surface area contributed by atoms with E-state index in [1.165, 1.54) is 18.6 Å². The van der Waals surface area contributed by atoms with E-state index in [2.05, 4.69) is 32.9 Å². The molecule has 0 saturated heterocycles. The number of ether oxygens (including phenoxy) is 3. The molecular formula is C31H45ClFNO4. The van der Waals surface area contributed by atoms with Gasteiger partial charge in [0.1, 0.15) is 11.5 Å². The van der Waals surface area contributed by atoms with Gasteiger partial charge >= 0.3 is 0 Å². The fraction of sp³-hybridized carbons (Fsp3) is 0.645. The molecule has 0 unspecified atom stereocenters. The number of hydrogen-bond acceptors (Lipinski definition) is 5. The highest BCUT2D eigenvalue weighted by atomic mass is 35.5. The zero-order valence-electron chi connectivity index (χ0n) is 24.1. The van der Waals surface area contributed by atoms with E-state index in [9.17, 15) is 9.50 Å². The Morgan fingerprint density at radius 1 is 1.21 bits per heavy atom. The molecule has 212 valence electrons. The van der Waals surface area contributed by atoms with Crippen molar-refractivity contribution in [1.82, 2.24) is 0 Å². The summed E-state index contributed by atoms with van der Waals surface area (Å²) >= 11 is 6.62. The monoisotopic (exact) mass is 549 g/mol. The molecule has 0 bridgehead atoms. The molecule has 3 atom stereocenters. The summed E-state index contributed by atoms with van der Waals surface area (Å²) in [5, 5.41) is 11.6. The second-order valence-electron chi connectivity index (χ2n) is 10.9. The van der Waals surface area contributed by atoms with E-state index in [4.69, 9.17) is 30.8 Å². The van der Waals surface area contributed by atoms with Gasteiger partial charge in [0.05, 0.1) is 16.6 Å². The first-order valence-electron chi connectivity index (χ1n) is 14.0. The van der Waals surface area contributed by atoms with Gasteiger partial charge in [-0.15, -0.1) is 0 Å². The van der Waals surface area contributed by atoms with Crippen molar-refractivity contribution in [2.45, 2.75) is 92.9 Å². The van der Waals surface area contributed by atoms with Crippen LogP contribution in [-0.4, -0.2) is 36.9 Å². The summed E-state index contributed by atoms with van der Waals surface area (Å²) in [6.07, 6.45) is 10.7. The largest absolute Gasteiger partial charge is 0.507 e. The zero-order chi connectivity index (χ0) is 28.0. The lowest BCUT2D eigenvalue weighted by Crippen LogP contribution is -2.40. The van der Waals surface area contributed by atoms with Crippen molar-refractivity contribution in [1.29, 1.82) is 0 Å². The first kappa shape index (κ1) is 30.6. The standard InChI is InChI=1S/C31H45ClFNO4/c1-8-36-30(37-9-2)26-21(5)27(32)29(38-18-33)24(28(26)35)14-10-19(3)16-17-31(7)20(4)11-15-25(22(31)6)34-23-12-13-23/h10,16-17,20,22-23,30,35H,8-9,11-15,18H2,1-7H3/b17-16+,19-10+,34-25+/t20-,22+,31+/m1/s1. The summed E-state index contributed by atoms with van der Waals surface area (Å²) in [6.45, 7) is 14.2. The van der Waals surface area contributed by atoms with E-state index in [0.29, 0.717) is 54.2 Å². The number of rotatable bonds is 12. The third-order valence-electron chi connectivity index (χ3n) is 8.38. The maximum atomic E-state index is 13.3. The maximum Gasteiger partial charge on any atom is 0.228 e. The lowest BCUT2D eigenvalue weighted by Gasteiger charge is -2.44. The van der Waals surface area contributed by atoms with Crippen molar-refractivity contribution < 1.29 is 23.7 Å². The van der Waals surface area contributed by atoms with Crippen LogP contribution < -0.4 is 4.74 Å². The number of alkyl halides is 1. The molecule has 0 aliphatic heterocycles. The van der Waals surface area contributed by atoms with Crippen LogP contribution in [0, 0.1) is 24.2 Å². The number of phenolic OH excluding ortho intramolecular Hbond substituents is 1. The van der Waals surface area contributed by atoms with Crippen LogP contribution in [0.4, 0.5) is 4.39 Å². The van der Waals surface area contributed by atoms with Crippen LogP contribution in [0.2, 0.25) is 5.02 Å². The Labute approximate surface area is 233 Å². The first-order valence-corrected chi connectivity index (χ1v) is 14.3. The molecule has 1 aromatic carbocycles. The van der Waals surface area contributed by atoms with Crippen LogP contribution in [0.5, 0.6) is 11.5 Å². The van der Waals surface area contributed by atoms with Crippen molar-refractivity contribution in [2.75, 3.05) is 20.1 Å². The van der Waals surface area contributed by atoms with E-state index >= 15 is 0 Å². The Morgan fingerprint density at radius 3 is 2.45 bits per heavy atom. The van der Waals surface area contributed by atoms with Crippen molar-refractivity contribution in [3.63, 3.8) is 0 Å². The Balaban J connectivity index is 1.91. The molecule has 1 aromatic rings. The summed E-state index contributed by atoms with van der Waals surface area (Å²) in [7, 11) is 0. The number of allylic oxidation sites excluding steroid dienone is 4. The van der Waals surface area contributed by atoms with Gasteiger partial charge in [-0.05, 0) is 76.7 Å². The second kappa shape index (κ2) is 13.5. The molecule has 0 aromatic heterocycles. The summed E-state index contributed by atoms with van der Waals surface area (Å²) in [6, 6.07) is 0.542. The first-order chi connectivity index (χ1) is 18.1. The molecule has 3 rings (SSSR count).